The number of likely N-dealkylation sites (N-methyl/N-ethyl adjacent to an activating group) is 1. The lowest BCUT2D eigenvalue weighted by molar-refractivity contribution is -0.913. The molecule has 0 atom stereocenters. The third-order valence-electron chi connectivity index (χ3n) is 5.34. The van der Waals surface area contributed by atoms with Crippen molar-refractivity contribution < 1.29 is 9.59 Å². The number of rotatable bonds is 5. The number of benzene rings is 1. The van der Waals surface area contributed by atoms with E-state index < -0.39 is 0 Å². The Labute approximate surface area is 133 Å². The van der Waals surface area contributed by atoms with Crippen LogP contribution in [-0.2, 0) is 6.42 Å². The van der Waals surface area contributed by atoms with Gasteiger partial charge in [-0.1, -0.05) is 6.07 Å². The number of aliphatic hydroxyl groups excluding tert-OH is 1. The van der Waals surface area contributed by atoms with E-state index in [1.807, 2.05) is 6.07 Å². The highest BCUT2D eigenvalue weighted by molar-refractivity contribution is 5.64. The van der Waals surface area contributed by atoms with Crippen molar-refractivity contribution in [1.82, 2.24) is 4.90 Å². The third-order valence-corrected chi connectivity index (χ3v) is 5.34. The van der Waals surface area contributed by atoms with Gasteiger partial charge in [0.05, 0.1) is 26.7 Å². The summed E-state index contributed by atoms with van der Waals surface area (Å²) in [6.45, 7) is 9.05. The van der Waals surface area contributed by atoms with Crippen molar-refractivity contribution >= 4 is 11.4 Å². The number of piperazine rings is 1. The van der Waals surface area contributed by atoms with Crippen molar-refractivity contribution in [2.75, 3.05) is 76.6 Å². The molecule has 0 spiro atoms. The van der Waals surface area contributed by atoms with Gasteiger partial charge in [0.15, 0.2) is 0 Å². The summed E-state index contributed by atoms with van der Waals surface area (Å²) >= 11 is 0. The lowest BCUT2D eigenvalue weighted by Gasteiger charge is -2.42. The van der Waals surface area contributed by atoms with Gasteiger partial charge < -0.3 is 20.2 Å². The van der Waals surface area contributed by atoms with Gasteiger partial charge in [0.2, 0.25) is 0 Å². The molecule has 3 N–H and O–H groups in total. The van der Waals surface area contributed by atoms with Crippen molar-refractivity contribution in [3.8, 4) is 0 Å². The van der Waals surface area contributed by atoms with Crippen LogP contribution >= 0.6 is 0 Å². The maximum Gasteiger partial charge on any atom is 0.102 e. The molecule has 0 aliphatic carbocycles. The molecular formula is C17H29N4O+. The molecule has 1 aromatic rings. The Bertz CT molecular complexity index is 511. The van der Waals surface area contributed by atoms with Gasteiger partial charge in [0, 0.05) is 44.1 Å². The predicted molar refractivity (Wildman–Crippen MR) is 91.1 cm³/mol. The van der Waals surface area contributed by atoms with E-state index in [4.69, 9.17) is 10.8 Å². The van der Waals surface area contributed by atoms with Gasteiger partial charge >= 0.3 is 0 Å². The van der Waals surface area contributed by atoms with Gasteiger partial charge in [-0.05, 0) is 24.1 Å². The molecule has 0 unspecified atom stereocenters. The highest BCUT2D eigenvalue weighted by atomic mass is 16.3. The highest BCUT2D eigenvalue weighted by Gasteiger charge is 2.28. The summed E-state index contributed by atoms with van der Waals surface area (Å²) in [5.41, 5.74) is 9.55. The Balaban J connectivity index is 1.50. The molecule has 1 saturated heterocycles. The molecule has 2 aliphatic heterocycles. The summed E-state index contributed by atoms with van der Waals surface area (Å²) < 4.78 is 1.01. The first-order valence-corrected chi connectivity index (χ1v) is 8.40. The van der Waals surface area contributed by atoms with Crippen LogP contribution in [0.3, 0.4) is 0 Å². The molecule has 2 aliphatic rings. The van der Waals surface area contributed by atoms with Gasteiger partial charge in [0.25, 0.3) is 0 Å². The number of quaternary nitrogens is 1. The van der Waals surface area contributed by atoms with E-state index in [0.29, 0.717) is 6.61 Å². The Hall–Kier alpha value is -1.30. The lowest BCUT2D eigenvalue weighted by atomic mass is 10.1. The van der Waals surface area contributed by atoms with Crippen LogP contribution in [0, 0.1) is 0 Å². The van der Waals surface area contributed by atoms with Crippen molar-refractivity contribution in [2.45, 2.75) is 6.42 Å². The minimum absolute atomic E-state index is 0.294. The monoisotopic (exact) mass is 305 g/mol. The first kappa shape index (κ1) is 15.6. The van der Waals surface area contributed by atoms with E-state index in [1.54, 1.807) is 0 Å². The van der Waals surface area contributed by atoms with Gasteiger partial charge in [-0.25, -0.2) is 0 Å². The normalized spacial score (nSPS) is 21.1. The van der Waals surface area contributed by atoms with E-state index in [2.05, 4.69) is 29.0 Å². The number of fused-ring (bicyclic) bond motifs is 1. The molecule has 0 aromatic heterocycles. The van der Waals surface area contributed by atoms with Gasteiger partial charge in [-0.2, -0.15) is 0 Å². The summed E-state index contributed by atoms with van der Waals surface area (Å²) in [6, 6.07) is 6.30. The van der Waals surface area contributed by atoms with Crippen LogP contribution in [-0.4, -0.2) is 80.5 Å². The summed E-state index contributed by atoms with van der Waals surface area (Å²) in [5, 5.41) is 9.17. The second-order valence-corrected chi connectivity index (χ2v) is 6.98. The van der Waals surface area contributed by atoms with E-state index >= 15 is 0 Å². The number of hydrogen-bond donors (Lipinski definition) is 2. The number of aliphatic hydroxyl groups is 1. The first-order chi connectivity index (χ1) is 10.6. The lowest BCUT2D eigenvalue weighted by Crippen LogP contribution is -2.58. The van der Waals surface area contributed by atoms with E-state index in [-0.39, 0.29) is 0 Å². The molecule has 0 radical (unpaired) electrons. The van der Waals surface area contributed by atoms with Crippen molar-refractivity contribution in [3.05, 3.63) is 23.8 Å². The molecule has 2 heterocycles. The minimum Gasteiger partial charge on any atom is -0.399 e. The van der Waals surface area contributed by atoms with Crippen LogP contribution in [0.25, 0.3) is 0 Å². The minimum atomic E-state index is 0.294. The summed E-state index contributed by atoms with van der Waals surface area (Å²) in [7, 11) is 2.26. The first-order valence-electron chi connectivity index (χ1n) is 8.40. The van der Waals surface area contributed by atoms with Crippen molar-refractivity contribution in [1.29, 1.82) is 0 Å². The summed E-state index contributed by atoms with van der Waals surface area (Å²) in [4.78, 5) is 5.03. The zero-order valence-electron chi connectivity index (χ0n) is 13.7. The maximum absolute atomic E-state index is 9.17. The zero-order valence-corrected chi connectivity index (χ0v) is 13.7. The van der Waals surface area contributed by atoms with E-state index in [0.717, 1.165) is 68.9 Å². The van der Waals surface area contributed by atoms with Gasteiger partial charge in [0.1, 0.15) is 6.54 Å². The van der Waals surface area contributed by atoms with Crippen LogP contribution in [0.15, 0.2) is 18.2 Å². The molecule has 0 bridgehead atoms. The number of nitrogens with zero attached hydrogens (tertiary/aromatic N) is 3. The largest absolute Gasteiger partial charge is 0.399 e. The van der Waals surface area contributed by atoms with Crippen LogP contribution in [0.4, 0.5) is 11.4 Å². The SMILES string of the molecule is C[N+]1(CCO)CCN(CCN2CCc3ccc(N)cc32)CC1. The van der Waals surface area contributed by atoms with Gasteiger partial charge in [-0.3, -0.25) is 4.90 Å². The predicted octanol–water partition coefficient (Wildman–Crippen LogP) is 0.386. The maximum atomic E-state index is 9.17. The Morgan fingerprint density at radius 2 is 1.95 bits per heavy atom. The second kappa shape index (κ2) is 6.44. The van der Waals surface area contributed by atoms with Crippen LogP contribution in [0.5, 0.6) is 0 Å². The fourth-order valence-corrected chi connectivity index (χ4v) is 3.63. The molecule has 3 rings (SSSR count). The molecule has 0 amide bonds. The topological polar surface area (TPSA) is 52.7 Å². The van der Waals surface area contributed by atoms with E-state index in [9.17, 15) is 0 Å². The molecule has 5 nitrogen and oxygen atoms in total. The summed E-state index contributed by atoms with van der Waals surface area (Å²) in [6.07, 6.45) is 1.14. The molecular weight excluding hydrogens is 276 g/mol. The average molecular weight is 305 g/mol. The number of anilines is 2. The number of nitrogen functional groups attached to an aromatic ring is 1. The third kappa shape index (κ3) is 3.37. The van der Waals surface area contributed by atoms with Gasteiger partial charge in [-0.15, -0.1) is 0 Å². The fourth-order valence-electron chi connectivity index (χ4n) is 3.63. The Morgan fingerprint density at radius 3 is 2.68 bits per heavy atom. The van der Waals surface area contributed by atoms with Crippen molar-refractivity contribution in [3.63, 3.8) is 0 Å². The van der Waals surface area contributed by atoms with Crippen LogP contribution in [0.1, 0.15) is 5.56 Å². The standard InChI is InChI=1S/C17H29N4O/c1-21(12-13-22)10-8-19(9-11-21)6-7-20-5-4-15-2-3-16(18)14-17(15)20/h2-3,14,22H,4-13,18H2,1H3/q+1. The number of hydrogen-bond acceptors (Lipinski definition) is 4. The second-order valence-electron chi connectivity index (χ2n) is 6.98. The number of nitrogens with two attached hydrogens (primary N) is 1. The van der Waals surface area contributed by atoms with E-state index in [1.165, 1.54) is 11.3 Å². The average Bonchev–Trinajstić information content (AvgIpc) is 2.89. The van der Waals surface area contributed by atoms with Crippen LogP contribution in [0.2, 0.25) is 0 Å². The molecule has 1 fully saturated rings. The smallest absolute Gasteiger partial charge is 0.102 e. The quantitative estimate of drug-likeness (QED) is 0.610. The molecule has 22 heavy (non-hydrogen) atoms. The Kier molecular flexibility index (Phi) is 4.57. The van der Waals surface area contributed by atoms with Crippen molar-refractivity contribution in [2.24, 2.45) is 0 Å². The molecule has 5 heteroatoms. The Morgan fingerprint density at radius 1 is 1.18 bits per heavy atom. The highest BCUT2D eigenvalue weighted by Crippen LogP contribution is 2.29. The van der Waals surface area contributed by atoms with Crippen LogP contribution < -0.4 is 10.6 Å². The zero-order chi connectivity index (χ0) is 15.6. The molecule has 1 aromatic carbocycles. The fraction of sp³-hybridized carbons (Fsp3) is 0.647. The molecule has 122 valence electrons. The molecule has 0 saturated carbocycles. The summed E-state index contributed by atoms with van der Waals surface area (Å²) in [5.74, 6) is 0.